The third kappa shape index (κ3) is 2.03. The van der Waals surface area contributed by atoms with E-state index in [0.717, 1.165) is 11.3 Å². The number of hydrogen-bond donors (Lipinski definition) is 1. The van der Waals surface area contributed by atoms with Crippen LogP contribution in [-0.2, 0) is 7.05 Å². The summed E-state index contributed by atoms with van der Waals surface area (Å²) in [6.07, 6.45) is 3.73. The standard InChI is InChI=1S/C15H16N2O2/c1-17-14(9-13(16-17)15(18)19)12-8-3-2-7-11(12)10-5-4-6-10/h2-3,7-10H,4-6H2,1H3,(H,18,19). The van der Waals surface area contributed by atoms with E-state index in [1.165, 1.54) is 24.8 Å². The summed E-state index contributed by atoms with van der Waals surface area (Å²) in [7, 11) is 1.79. The molecule has 2 aromatic rings. The van der Waals surface area contributed by atoms with E-state index in [0.29, 0.717) is 5.92 Å². The molecule has 0 aliphatic heterocycles. The van der Waals surface area contributed by atoms with Gasteiger partial charge in [0.25, 0.3) is 0 Å². The molecule has 0 unspecified atom stereocenters. The summed E-state index contributed by atoms with van der Waals surface area (Å²) in [6, 6.07) is 9.89. The molecule has 1 aliphatic rings. The minimum atomic E-state index is -0.983. The Labute approximate surface area is 111 Å². The molecule has 1 fully saturated rings. The summed E-state index contributed by atoms with van der Waals surface area (Å²) < 4.78 is 1.65. The number of carboxylic acid groups (broad SMARTS) is 1. The lowest BCUT2D eigenvalue weighted by Gasteiger charge is -2.27. The first-order valence-corrected chi connectivity index (χ1v) is 6.53. The molecule has 1 N–H and O–H groups in total. The Hall–Kier alpha value is -2.10. The zero-order chi connectivity index (χ0) is 13.4. The van der Waals surface area contributed by atoms with Crippen molar-refractivity contribution in [2.24, 2.45) is 7.05 Å². The molecular formula is C15H16N2O2. The fourth-order valence-electron chi connectivity index (χ4n) is 2.63. The average Bonchev–Trinajstić information content (AvgIpc) is 2.70. The molecule has 19 heavy (non-hydrogen) atoms. The second-order valence-electron chi connectivity index (χ2n) is 5.06. The highest BCUT2D eigenvalue weighted by Gasteiger charge is 2.24. The van der Waals surface area contributed by atoms with Crippen LogP contribution in [0.25, 0.3) is 11.3 Å². The van der Waals surface area contributed by atoms with Gasteiger partial charge >= 0.3 is 5.97 Å². The highest BCUT2D eigenvalue weighted by molar-refractivity contribution is 5.87. The predicted octanol–water partition coefficient (Wildman–Crippen LogP) is 3.05. The van der Waals surface area contributed by atoms with Gasteiger partial charge in [0.2, 0.25) is 0 Å². The third-order valence-electron chi connectivity index (χ3n) is 3.88. The fourth-order valence-corrected chi connectivity index (χ4v) is 2.63. The summed E-state index contributed by atoms with van der Waals surface area (Å²) in [4.78, 5) is 11.0. The summed E-state index contributed by atoms with van der Waals surface area (Å²) in [5.74, 6) is -0.373. The minimum absolute atomic E-state index is 0.0981. The average molecular weight is 256 g/mol. The molecule has 0 spiro atoms. The van der Waals surface area contributed by atoms with Gasteiger partial charge in [-0.3, -0.25) is 4.68 Å². The first kappa shape index (κ1) is 12.0. The highest BCUT2D eigenvalue weighted by Crippen LogP contribution is 2.40. The zero-order valence-electron chi connectivity index (χ0n) is 10.8. The van der Waals surface area contributed by atoms with Crippen LogP contribution in [0, 0.1) is 0 Å². The van der Waals surface area contributed by atoms with Crippen LogP contribution in [0.3, 0.4) is 0 Å². The van der Waals surface area contributed by atoms with Crippen LogP contribution in [0.1, 0.15) is 41.2 Å². The normalized spacial score (nSPS) is 15.2. The summed E-state index contributed by atoms with van der Waals surface area (Å²) in [6.45, 7) is 0. The molecular weight excluding hydrogens is 240 g/mol. The maximum Gasteiger partial charge on any atom is 0.356 e. The van der Waals surface area contributed by atoms with E-state index in [9.17, 15) is 4.79 Å². The number of carboxylic acids is 1. The van der Waals surface area contributed by atoms with Gasteiger partial charge in [0.05, 0.1) is 5.69 Å². The smallest absolute Gasteiger partial charge is 0.356 e. The van der Waals surface area contributed by atoms with Crippen LogP contribution < -0.4 is 0 Å². The van der Waals surface area contributed by atoms with Crippen LogP contribution in [0.4, 0.5) is 0 Å². The lowest BCUT2D eigenvalue weighted by Crippen LogP contribution is -2.10. The summed E-state index contributed by atoms with van der Waals surface area (Å²) in [5.41, 5.74) is 3.39. The summed E-state index contributed by atoms with van der Waals surface area (Å²) in [5, 5.41) is 13.1. The molecule has 0 bridgehead atoms. The Kier molecular flexibility index (Phi) is 2.85. The monoisotopic (exact) mass is 256 g/mol. The van der Waals surface area contributed by atoms with Crippen molar-refractivity contribution in [2.75, 3.05) is 0 Å². The number of aromatic carboxylic acids is 1. The van der Waals surface area contributed by atoms with Crippen molar-refractivity contribution >= 4 is 5.97 Å². The lowest BCUT2D eigenvalue weighted by molar-refractivity contribution is 0.0689. The first-order valence-electron chi connectivity index (χ1n) is 6.53. The molecule has 1 aliphatic carbocycles. The van der Waals surface area contributed by atoms with Crippen LogP contribution in [-0.4, -0.2) is 20.9 Å². The van der Waals surface area contributed by atoms with Gasteiger partial charge in [0, 0.05) is 12.6 Å². The van der Waals surface area contributed by atoms with Crippen LogP contribution in [0.15, 0.2) is 30.3 Å². The van der Waals surface area contributed by atoms with Crippen LogP contribution >= 0.6 is 0 Å². The number of carbonyl (C=O) groups is 1. The number of benzene rings is 1. The molecule has 4 heteroatoms. The van der Waals surface area contributed by atoms with E-state index >= 15 is 0 Å². The van der Waals surface area contributed by atoms with Crippen molar-refractivity contribution in [1.29, 1.82) is 0 Å². The quantitative estimate of drug-likeness (QED) is 0.918. The lowest BCUT2D eigenvalue weighted by atomic mass is 9.78. The Balaban J connectivity index is 2.08. The van der Waals surface area contributed by atoms with Crippen LogP contribution in [0.5, 0.6) is 0 Å². The Morgan fingerprint density at radius 1 is 1.37 bits per heavy atom. The molecule has 0 saturated heterocycles. The van der Waals surface area contributed by atoms with Gasteiger partial charge in [-0.15, -0.1) is 0 Å². The number of aryl methyl sites for hydroxylation is 1. The Morgan fingerprint density at radius 2 is 2.11 bits per heavy atom. The van der Waals surface area contributed by atoms with Crippen molar-refractivity contribution in [3.05, 3.63) is 41.6 Å². The SMILES string of the molecule is Cn1nc(C(=O)O)cc1-c1ccccc1C1CCC1. The van der Waals surface area contributed by atoms with Gasteiger partial charge in [0.1, 0.15) is 0 Å². The van der Waals surface area contributed by atoms with Crippen molar-refractivity contribution < 1.29 is 9.90 Å². The van der Waals surface area contributed by atoms with Gasteiger partial charge in [0.15, 0.2) is 5.69 Å². The molecule has 1 heterocycles. The van der Waals surface area contributed by atoms with Gasteiger partial charge < -0.3 is 5.11 Å². The molecule has 0 radical (unpaired) electrons. The molecule has 1 aromatic carbocycles. The molecule has 3 rings (SSSR count). The van der Waals surface area contributed by atoms with Crippen molar-refractivity contribution in [3.8, 4) is 11.3 Å². The number of rotatable bonds is 3. The second kappa shape index (κ2) is 4.53. The Bertz CT molecular complexity index is 627. The molecule has 98 valence electrons. The fraction of sp³-hybridized carbons (Fsp3) is 0.333. The maximum atomic E-state index is 11.0. The third-order valence-corrected chi connectivity index (χ3v) is 3.88. The van der Waals surface area contributed by atoms with E-state index in [1.54, 1.807) is 17.8 Å². The predicted molar refractivity (Wildman–Crippen MR) is 72.2 cm³/mol. The van der Waals surface area contributed by atoms with Crippen molar-refractivity contribution in [1.82, 2.24) is 9.78 Å². The highest BCUT2D eigenvalue weighted by atomic mass is 16.4. The van der Waals surface area contributed by atoms with Gasteiger partial charge in [-0.2, -0.15) is 5.10 Å². The minimum Gasteiger partial charge on any atom is -0.476 e. The number of nitrogens with zero attached hydrogens (tertiary/aromatic N) is 2. The second-order valence-corrected chi connectivity index (χ2v) is 5.06. The van der Waals surface area contributed by atoms with E-state index in [4.69, 9.17) is 5.11 Å². The zero-order valence-corrected chi connectivity index (χ0v) is 10.8. The van der Waals surface area contributed by atoms with Crippen molar-refractivity contribution in [2.45, 2.75) is 25.2 Å². The van der Waals surface area contributed by atoms with Gasteiger partial charge in [-0.1, -0.05) is 30.7 Å². The van der Waals surface area contributed by atoms with Gasteiger partial charge in [-0.05, 0) is 30.4 Å². The van der Waals surface area contributed by atoms with E-state index in [1.807, 2.05) is 12.1 Å². The molecule has 1 saturated carbocycles. The number of aromatic nitrogens is 2. The molecule has 0 amide bonds. The van der Waals surface area contributed by atoms with E-state index in [-0.39, 0.29) is 5.69 Å². The molecule has 0 atom stereocenters. The van der Waals surface area contributed by atoms with E-state index in [2.05, 4.69) is 17.2 Å². The van der Waals surface area contributed by atoms with Gasteiger partial charge in [-0.25, -0.2) is 4.79 Å². The first-order chi connectivity index (χ1) is 9.16. The summed E-state index contributed by atoms with van der Waals surface area (Å²) >= 11 is 0. The molecule has 1 aromatic heterocycles. The Morgan fingerprint density at radius 3 is 2.68 bits per heavy atom. The molecule has 4 nitrogen and oxygen atoms in total. The van der Waals surface area contributed by atoms with Crippen molar-refractivity contribution in [3.63, 3.8) is 0 Å². The topological polar surface area (TPSA) is 55.1 Å². The van der Waals surface area contributed by atoms with Crippen LogP contribution in [0.2, 0.25) is 0 Å². The van der Waals surface area contributed by atoms with E-state index < -0.39 is 5.97 Å². The largest absolute Gasteiger partial charge is 0.476 e. The number of hydrogen-bond acceptors (Lipinski definition) is 2. The maximum absolute atomic E-state index is 11.0.